The molecule has 4 rings (SSSR count). The van der Waals surface area contributed by atoms with Crippen molar-refractivity contribution in [1.82, 2.24) is 14.0 Å². The third kappa shape index (κ3) is 1.48. The van der Waals surface area contributed by atoms with Crippen LogP contribution in [0.5, 0.6) is 0 Å². The number of carbonyl (C=O) groups excluding carboxylic acids is 1. The fourth-order valence-corrected chi connectivity index (χ4v) is 2.75. The molecule has 0 spiro atoms. The average molecular weight is 277 g/mol. The van der Waals surface area contributed by atoms with Gasteiger partial charge in [0.2, 0.25) is 11.7 Å². The van der Waals surface area contributed by atoms with Gasteiger partial charge < -0.3 is 0 Å². The van der Waals surface area contributed by atoms with E-state index < -0.39 is 0 Å². The van der Waals surface area contributed by atoms with Crippen LogP contribution in [0.3, 0.4) is 0 Å². The summed E-state index contributed by atoms with van der Waals surface area (Å²) in [5, 5.41) is 0.543. The summed E-state index contributed by atoms with van der Waals surface area (Å²) in [5.41, 5.74) is 1.80. The van der Waals surface area contributed by atoms with Crippen molar-refractivity contribution < 1.29 is 4.79 Å². The van der Waals surface area contributed by atoms with Crippen LogP contribution in [0.15, 0.2) is 53.3 Å². The van der Waals surface area contributed by atoms with Crippen molar-refractivity contribution >= 4 is 33.6 Å². The fourth-order valence-electron chi connectivity index (χ4n) is 2.75. The third-order valence-corrected chi connectivity index (χ3v) is 3.64. The van der Waals surface area contributed by atoms with Crippen molar-refractivity contribution in [2.24, 2.45) is 0 Å². The van der Waals surface area contributed by atoms with E-state index >= 15 is 0 Å². The predicted octanol–water partition coefficient (Wildman–Crippen LogP) is 2.46. The summed E-state index contributed by atoms with van der Waals surface area (Å²) in [7, 11) is 0. The molecular formula is C16H11N3O2. The summed E-state index contributed by atoms with van der Waals surface area (Å²) in [5.74, 6) is 0.184. The van der Waals surface area contributed by atoms with Crippen LogP contribution in [0.1, 0.15) is 11.7 Å². The van der Waals surface area contributed by atoms with Crippen LogP contribution in [0.25, 0.3) is 27.7 Å². The van der Waals surface area contributed by atoms with E-state index in [1.165, 1.54) is 15.9 Å². The first-order valence-electron chi connectivity index (χ1n) is 6.60. The van der Waals surface area contributed by atoms with E-state index in [2.05, 4.69) is 4.98 Å². The number of imidazole rings is 1. The number of carbonyl (C=O) groups is 1. The Morgan fingerprint density at radius 2 is 1.67 bits per heavy atom. The molecule has 0 N–H and O–H groups in total. The zero-order chi connectivity index (χ0) is 14.6. The predicted molar refractivity (Wildman–Crippen MR) is 80.8 cm³/mol. The molecule has 0 fully saturated rings. The molecule has 102 valence electrons. The van der Waals surface area contributed by atoms with Crippen molar-refractivity contribution in [2.45, 2.75) is 6.92 Å². The van der Waals surface area contributed by atoms with Gasteiger partial charge in [-0.05, 0) is 24.3 Å². The Morgan fingerprint density at radius 1 is 1.00 bits per heavy atom. The topological polar surface area (TPSA) is 56.4 Å². The maximum atomic E-state index is 12.7. The van der Waals surface area contributed by atoms with Gasteiger partial charge in [-0.15, -0.1) is 0 Å². The molecule has 0 saturated heterocycles. The summed E-state index contributed by atoms with van der Waals surface area (Å²) in [6, 6.07) is 14.5. The lowest BCUT2D eigenvalue weighted by atomic mass is 10.2. The van der Waals surface area contributed by atoms with Gasteiger partial charge >= 0.3 is 0 Å². The summed E-state index contributed by atoms with van der Waals surface area (Å²) >= 11 is 0. The molecule has 2 heterocycles. The number of nitrogens with zero attached hydrogens (tertiary/aromatic N) is 3. The second-order valence-electron chi connectivity index (χ2n) is 4.91. The van der Waals surface area contributed by atoms with Crippen LogP contribution >= 0.6 is 0 Å². The van der Waals surface area contributed by atoms with E-state index in [1.54, 1.807) is 12.1 Å². The molecule has 0 amide bonds. The minimum absolute atomic E-state index is 0.160. The summed E-state index contributed by atoms with van der Waals surface area (Å²) in [6.45, 7) is 1.47. The molecule has 5 heteroatoms. The molecule has 21 heavy (non-hydrogen) atoms. The van der Waals surface area contributed by atoms with E-state index in [9.17, 15) is 9.59 Å². The summed E-state index contributed by atoms with van der Waals surface area (Å²) < 4.78 is 2.97. The second kappa shape index (κ2) is 4.02. The minimum Gasteiger partial charge on any atom is -0.274 e. The van der Waals surface area contributed by atoms with Gasteiger partial charge in [0.05, 0.1) is 21.9 Å². The number of fused-ring (bicyclic) bond motifs is 4. The van der Waals surface area contributed by atoms with Crippen molar-refractivity contribution in [2.75, 3.05) is 0 Å². The molecule has 0 aliphatic carbocycles. The summed E-state index contributed by atoms with van der Waals surface area (Å²) in [4.78, 5) is 29.2. The third-order valence-electron chi connectivity index (χ3n) is 3.64. The van der Waals surface area contributed by atoms with Crippen LogP contribution in [0, 0.1) is 0 Å². The first-order chi connectivity index (χ1) is 10.2. The quantitative estimate of drug-likeness (QED) is 0.496. The van der Waals surface area contributed by atoms with Crippen LogP contribution < -0.4 is 5.56 Å². The molecule has 2 aromatic carbocycles. The monoisotopic (exact) mass is 277 g/mol. The molecule has 0 aliphatic rings. The first kappa shape index (κ1) is 11.8. The second-order valence-corrected chi connectivity index (χ2v) is 4.91. The summed E-state index contributed by atoms with van der Waals surface area (Å²) in [6.07, 6.45) is 0. The van der Waals surface area contributed by atoms with Gasteiger partial charge in [-0.1, -0.05) is 24.3 Å². The molecule has 4 aromatic rings. The van der Waals surface area contributed by atoms with Crippen molar-refractivity contribution in [3.63, 3.8) is 0 Å². The molecular weight excluding hydrogens is 266 g/mol. The fraction of sp³-hybridized carbons (Fsp3) is 0.0625. The van der Waals surface area contributed by atoms with Gasteiger partial charge in [0, 0.05) is 6.92 Å². The lowest BCUT2D eigenvalue weighted by molar-refractivity contribution is 0.0945. The van der Waals surface area contributed by atoms with Crippen molar-refractivity contribution in [1.29, 1.82) is 0 Å². The Morgan fingerprint density at radius 3 is 2.43 bits per heavy atom. The Balaban J connectivity index is 2.41. The van der Waals surface area contributed by atoms with Gasteiger partial charge in [0.25, 0.3) is 5.56 Å². The molecule has 0 bridgehead atoms. The zero-order valence-corrected chi connectivity index (χ0v) is 11.3. The van der Waals surface area contributed by atoms with Gasteiger partial charge in [0.1, 0.15) is 0 Å². The van der Waals surface area contributed by atoms with Crippen molar-refractivity contribution in [3.05, 3.63) is 58.9 Å². The molecule has 0 unspecified atom stereocenters. The molecule has 0 aliphatic heterocycles. The highest BCUT2D eigenvalue weighted by Crippen LogP contribution is 2.20. The molecule has 0 atom stereocenters. The number of rotatable bonds is 0. The zero-order valence-electron chi connectivity index (χ0n) is 11.3. The maximum absolute atomic E-state index is 12.7. The number of benzene rings is 2. The lowest BCUT2D eigenvalue weighted by Crippen LogP contribution is -2.16. The number of para-hydroxylation sites is 3. The SMILES string of the molecule is CC(=O)n1c2ccccc2n2c(=O)c3ccccc3nc12. The van der Waals surface area contributed by atoms with Gasteiger partial charge in [-0.25, -0.2) is 14.0 Å². The standard InChI is InChI=1S/C16H11N3O2/c1-10(20)18-13-8-4-5-9-14(13)19-15(21)11-6-2-3-7-12(11)17-16(18)19/h2-9H,1H3. The minimum atomic E-state index is -0.170. The Labute approximate surface area is 119 Å². The normalized spacial score (nSPS) is 11.5. The van der Waals surface area contributed by atoms with Crippen LogP contribution in [-0.4, -0.2) is 19.9 Å². The van der Waals surface area contributed by atoms with Gasteiger partial charge in [-0.2, -0.15) is 0 Å². The Kier molecular flexibility index (Phi) is 2.27. The van der Waals surface area contributed by atoms with Gasteiger partial charge in [0.15, 0.2) is 0 Å². The molecule has 2 aromatic heterocycles. The first-order valence-corrected chi connectivity index (χ1v) is 6.60. The van der Waals surface area contributed by atoms with E-state index in [0.717, 1.165) is 0 Å². The van der Waals surface area contributed by atoms with Crippen LogP contribution in [-0.2, 0) is 0 Å². The molecule has 0 saturated carbocycles. The Bertz CT molecular complexity index is 1090. The van der Waals surface area contributed by atoms with Gasteiger partial charge in [-0.3, -0.25) is 9.59 Å². The number of hydrogen-bond donors (Lipinski definition) is 0. The number of hydrogen-bond acceptors (Lipinski definition) is 3. The van der Waals surface area contributed by atoms with Crippen LogP contribution in [0.4, 0.5) is 0 Å². The van der Waals surface area contributed by atoms with E-state index in [0.29, 0.717) is 27.7 Å². The van der Waals surface area contributed by atoms with E-state index in [4.69, 9.17) is 0 Å². The number of aromatic nitrogens is 3. The average Bonchev–Trinajstić information content (AvgIpc) is 2.82. The van der Waals surface area contributed by atoms with Crippen molar-refractivity contribution in [3.8, 4) is 0 Å². The largest absolute Gasteiger partial charge is 0.274 e. The highest BCUT2D eigenvalue weighted by atomic mass is 16.2. The lowest BCUT2D eigenvalue weighted by Gasteiger charge is -2.01. The van der Waals surface area contributed by atoms with E-state index in [1.807, 2.05) is 36.4 Å². The molecule has 0 radical (unpaired) electrons. The molecule has 5 nitrogen and oxygen atoms in total. The Hall–Kier alpha value is -2.95. The maximum Gasteiger partial charge on any atom is 0.267 e. The highest BCUT2D eigenvalue weighted by Gasteiger charge is 2.17. The van der Waals surface area contributed by atoms with E-state index in [-0.39, 0.29) is 11.5 Å². The smallest absolute Gasteiger partial charge is 0.267 e. The highest BCUT2D eigenvalue weighted by molar-refractivity contribution is 5.95. The van der Waals surface area contributed by atoms with Crippen LogP contribution in [0.2, 0.25) is 0 Å².